The van der Waals surface area contributed by atoms with Gasteiger partial charge in [-0.25, -0.2) is 0 Å². The molecule has 2 atom stereocenters. The lowest BCUT2D eigenvalue weighted by atomic mass is 9.92. The molecule has 0 aromatic heterocycles. The van der Waals surface area contributed by atoms with E-state index in [1.54, 1.807) is 0 Å². The average molecular weight is 228 g/mol. The summed E-state index contributed by atoms with van der Waals surface area (Å²) in [7, 11) is 0. The SMILES string of the molecule is CCCNC(=O)CCNC1CCCCC1O. The molecule has 0 saturated heterocycles. The number of rotatable bonds is 6. The molecule has 0 heterocycles. The third-order valence-corrected chi connectivity index (χ3v) is 3.06. The van der Waals surface area contributed by atoms with Crippen molar-refractivity contribution in [3.05, 3.63) is 0 Å². The van der Waals surface area contributed by atoms with Gasteiger partial charge >= 0.3 is 0 Å². The van der Waals surface area contributed by atoms with E-state index in [0.717, 1.165) is 32.2 Å². The van der Waals surface area contributed by atoms with Gasteiger partial charge in [-0.1, -0.05) is 19.8 Å². The Labute approximate surface area is 97.8 Å². The third-order valence-electron chi connectivity index (χ3n) is 3.06. The molecule has 1 amide bonds. The minimum absolute atomic E-state index is 0.0969. The van der Waals surface area contributed by atoms with Crippen molar-refractivity contribution in [3.8, 4) is 0 Å². The molecule has 4 nitrogen and oxygen atoms in total. The number of carbonyl (C=O) groups is 1. The first kappa shape index (κ1) is 13.5. The van der Waals surface area contributed by atoms with Gasteiger partial charge in [0, 0.05) is 25.6 Å². The summed E-state index contributed by atoms with van der Waals surface area (Å²) in [6.07, 6.45) is 5.46. The highest BCUT2D eigenvalue weighted by atomic mass is 16.3. The fraction of sp³-hybridized carbons (Fsp3) is 0.917. The van der Waals surface area contributed by atoms with Gasteiger partial charge in [0.1, 0.15) is 0 Å². The molecule has 1 saturated carbocycles. The molecule has 94 valence electrons. The Kier molecular flexibility index (Phi) is 6.42. The van der Waals surface area contributed by atoms with Crippen LogP contribution in [-0.4, -0.2) is 36.2 Å². The molecule has 1 fully saturated rings. The topological polar surface area (TPSA) is 61.4 Å². The summed E-state index contributed by atoms with van der Waals surface area (Å²) in [6, 6.07) is 0.188. The number of nitrogens with one attached hydrogen (secondary N) is 2. The third kappa shape index (κ3) is 4.94. The molecule has 0 bridgehead atoms. The smallest absolute Gasteiger partial charge is 0.221 e. The van der Waals surface area contributed by atoms with Gasteiger partial charge in [-0.2, -0.15) is 0 Å². The van der Waals surface area contributed by atoms with Crippen LogP contribution in [0.5, 0.6) is 0 Å². The molecule has 0 aromatic carbocycles. The molecule has 1 aliphatic carbocycles. The molecule has 0 aliphatic heterocycles. The maximum atomic E-state index is 11.3. The second-order valence-electron chi connectivity index (χ2n) is 4.51. The van der Waals surface area contributed by atoms with E-state index in [9.17, 15) is 9.90 Å². The molecule has 1 aliphatic rings. The number of carbonyl (C=O) groups excluding carboxylic acids is 1. The van der Waals surface area contributed by atoms with Gasteiger partial charge < -0.3 is 15.7 Å². The van der Waals surface area contributed by atoms with Crippen LogP contribution in [0.2, 0.25) is 0 Å². The lowest BCUT2D eigenvalue weighted by Crippen LogP contribution is -2.43. The van der Waals surface area contributed by atoms with Gasteiger partial charge in [0.05, 0.1) is 6.10 Å². The van der Waals surface area contributed by atoms with Crippen LogP contribution in [0.1, 0.15) is 45.4 Å². The molecule has 2 unspecified atom stereocenters. The Balaban J connectivity index is 2.07. The highest BCUT2D eigenvalue weighted by Gasteiger charge is 2.22. The predicted molar refractivity (Wildman–Crippen MR) is 64.2 cm³/mol. The molecule has 16 heavy (non-hydrogen) atoms. The Morgan fingerprint density at radius 2 is 2.06 bits per heavy atom. The molecule has 4 heteroatoms. The van der Waals surface area contributed by atoms with Crippen LogP contribution in [0.15, 0.2) is 0 Å². The van der Waals surface area contributed by atoms with Crippen molar-refractivity contribution in [1.29, 1.82) is 0 Å². The van der Waals surface area contributed by atoms with Crippen molar-refractivity contribution in [1.82, 2.24) is 10.6 Å². The van der Waals surface area contributed by atoms with Crippen LogP contribution in [0.25, 0.3) is 0 Å². The second kappa shape index (κ2) is 7.63. The Hall–Kier alpha value is -0.610. The molecular weight excluding hydrogens is 204 g/mol. The predicted octanol–water partition coefficient (Wildman–Crippen LogP) is 0.796. The first-order valence-corrected chi connectivity index (χ1v) is 6.42. The normalized spacial score (nSPS) is 25.4. The molecular formula is C12H24N2O2. The quantitative estimate of drug-likeness (QED) is 0.630. The van der Waals surface area contributed by atoms with Crippen LogP contribution in [0.4, 0.5) is 0 Å². The fourth-order valence-corrected chi connectivity index (χ4v) is 2.07. The van der Waals surface area contributed by atoms with Crippen molar-refractivity contribution in [2.45, 2.75) is 57.6 Å². The van der Waals surface area contributed by atoms with Gasteiger partial charge in [-0.3, -0.25) is 4.79 Å². The van der Waals surface area contributed by atoms with Gasteiger partial charge in [-0.15, -0.1) is 0 Å². The van der Waals surface area contributed by atoms with Crippen molar-refractivity contribution < 1.29 is 9.90 Å². The van der Waals surface area contributed by atoms with E-state index in [2.05, 4.69) is 10.6 Å². The Bertz CT molecular complexity index is 209. The summed E-state index contributed by atoms with van der Waals surface area (Å²) in [6.45, 7) is 3.46. The molecule has 3 N–H and O–H groups in total. The molecule has 0 aromatic rings. The summed E-state index contributed by atoms with van der Waals surface area (Å²) in [4.78, 5) is 11.3. The largest absolute Gasteiger partial charge is 0.392 e. The number of hydrogen-bond acceptors (Lipinski definition) is 3. The lowest BCUT2D eigenvalue weighted by Gasteiger charge is -2.28. The van der Waals surface area contributed by atoms with Gasteiger partial charge in [0.2, 0.25) is 5.91 Å². The zero-order valence-electron chi connectivity index (χ0n) is 10.2. The first-order valence-electron chi connectivity index (χ1n) is 6.42. The van der Waals surface area contributed by atoms with E-state index in [1.165, 1.54) is 6.42 Å². The summed E-state index contributed by atoms with van der Waals surface area (Å²) in [5, 5.41) is 15.8. The van der Waals surface area contributed by atoms with Crippen molar-refractivity contribution >= 4 is 5.91 Å². The van der Waals surface area contributed by atoms with Gasteiger partial charge in [0.15, 0.2) is 0 Å². The summed E-state index contributed by atoms with van der Waals surface area (Å²) in [5.41, 5.74) is 0. The minimum Gasteiger partial charge on any atom is -0.392 e. The van der Waals surface area contributed by atoms with Crippen molar-refractivity contribution in [2.75, 3.05) is 13.1 Å². The molecule has 0 spiro atoms. The zero-order valence-corrected chi connectivity index (χ0v) is 10.2. The Morgan fingerprint density at radius 1 is 1.31 bits per heavy atom. The Morgan fingerprint density at radius 3 is 2.75 bits per heavy atom. The molecule has 1 rings (SSSR count). The average Bonchev–Trinajstić information content (AvgIpc) is 2.29. The standard InChI is InChI=1S/C12H24N2O2/c1-2-8-14-12(16)7-9-13-10-5-3-4-6-11(10)15/h10-11,13,15H,2-9H2,1H3,(H,14,16). The highest BCUT2D eigenvalue weighted by Crippen LogP contribution is 2.18. The maximum Gasteiger partial charge on any atom is 0.221 e. The second-order valence-corrected chi connectivity index (χ2v) is 4.51. The van der Waals surface area contributed by atoms with Crippen molar-refractivity contribution in [2.24, 2.45) is 0 Å². The summed E-state index contributed by atoms with van der Waals surface area (Å²) < 4.78 is 0. The summed E-state index contributed by atoms with van der Waals surface area (Å²) in [5.74, 6) is 0.0969. The van der Waals surface area contributed by atoms with Gasteiger partial charge in [0.25, 0.3) is 0 Å². The van der Waals surface area contributed by atoms with Crippen molar-refractivity contribution in [3.63, 3.8) is 0 Å². The number of aliphatic hydroxyl groups excluding tert-OH is 1. The highest BCUT2D eigenvalue weighted by molar-refractivity contribution is 5.75. The van der Waals surface area contributed by atoms with E-state index >= 15 is 0 Å². The first-order chi connectivity index (χ1) is 7.74. The number of hydrogen-bond donors (Lipinski definition) is 3. The maximum absolute atomic E-state index is 11.3. The zero-order chi connectivity index (χ0) is 11.8. The van der Waals surface area contributed by atoms with E-state index in [4.69, 9.17) is 0 Å². The van der Waals surface area contributed by atoms with Crippen LogP contribution in [0, 0.1) is 0 Å². The lowest BCUT2D eigenvalue weighted by molar-refractivity contribution is -0.121. The van der Waals surface area contributed by atoms with Crippen LogP contribution in [0.3, 0.4) is 0 Å². The monoisotopic (exact) mass is 228 g/mol. The van der Waals surface area contributed by atoms with E-state index < -0.39 is 0 Å². The van der Waals surface area contributed by atoms with E-state index in [-0.39, 0.29) is 18.1 Å². The van der Waals surface area contributed by atoms with Gasteiger partial charge in [-0.05, 0) is 19.3 Å². The summed E-state index contributed by atoms with van der Waals surface area (Å²) >= 11 is 0. The van der Waals surface area contributed by atoms with Crippen LogP contribution < -0.4 is 10.6 Å². The minimum atomic E-state index is -0.229. The number of aliphatic hydroxyl groups is 1. The molecule has 0 radical (unpaired) electrons. The fourth-order valence-electron chi connectivity index (χ4n) is 2.07. The number of amides is 1. The van der Waals surface area contributed by atoms with Crippen LogP contribution >= 0.6 is 0 Å². The van der Waals surface area contributed by atoms with E-state index in [1.807, 2.05) is 6.92 Å². The van der Waals surface area contributed by atoms with Crippen LogP contribution in [-0.2, 0) is 4.79 Å². The van der Waals surface area contributed by atoms with E-state index in [0.29, 0.717) is 13.0 Å².